The Bertz CT molecular complexity index is 1190. The van der Waals surface area contributed by atoms with Gasteiger partial charge in [0.15, 0.2) is 0 Å². The highest BCUT2D eigenvalue weighted by atomic mass is 16.3. The average Bonchev–Trinajstić information content (AvgIpc) is 3.33. The SMILES string of the molecule is CCC(C(=O)NCCc1ccco1)n1c2ccccc2c2cnn(C)c(=O)c21. The number of fused-ring (bicyclic) bond motifs is 3. The molecule has 7 nitrogen and oxygen atoms in total. The van der Waals surface area contributed by atoms with Crippen molar-refractivity contribution in [2.24, 2.45) is 7.05 Å². The van der Waals surface area contributed by atoms with E-state index in [0.29, 0.717) is 24.9 Å². The molecule has 4 aromatic rings. The Hall–Kier alpha value is -3.35. The van der Waals surface area contributed by atoms with Crippen molar-refractivity contribution in [3.63, 3.8) is 0 Å². The molecule has 7 heteroatoms. The van der Waals surface area contributed by atoms with Gasteiger partial charge in [-0.3, -0.25) is 9.59 Å². The molecule has 3 heterocycles. The third-order valence-electron chi connectivity index (χ3n) is 5.06. The number of nitrogens with zero attached hydrogens (tertiary/aromatic N) is 3. The molecule has 28 heavy (non-hydrogen) atoms. The van der Waals surface area contributed by atoms with Crippen LogP contribution in [0.25, 0.3) is 21.8 Å². The van der Waals surface area contributed by atoms with E-state index in [9.17, 15) is 9.59 Å². The normalized spacial score (nSPS) is 12.5. The molecular formula is C21H22N4O3. The summed E-state index contributed by atoms with van der Waals surface area (Å²) in [6, 6.07) is 10.9. The third kappa shape index (κ3) is 2.98. The van der Waals surface area contributed by atoms with Gasteiger partial charge < -0.3 is 14.3 Å². The highest BCUT2D eigenvalue weighted by molar-refractivity contribution is 6.08. The van der Waals surface area contributed by atoms with Crippen molar-refractivity contribution in [3.05, 3.63) is 65.0 Å². The van der Waals surface area contributed by atoms with Gasteiger partial charge in [0.2, 0.25) is 5.91 Å². The first-order valence-corrected chi connectivity index (χ1v) is 9.37. The fourth-order valence-corrected chi connectivity index (χ4v) is 3.68. The van der Waals surface area contributed by atoms with Gasteiger partial charge in [0.05, 0.1) is 18.0 Å². The van der Waals surface area contributed by atoms with Crippen molar-refractivity contribution >= 4 is 27.7 Å². The summed E-state index contributed by atoms with van der Waals surface area (Å²) in [6.45, 7) is 2.42. The zero-order valence-electron chi connectivity index (χ0n) is 15.9. The summed E-state index contributed by atoms with van der Waals surface area (Å²) in [5.74, 6) is 0.709. The summed E-state index contributed by atoms with van der Waals surface area (Å²) in [7, 11) is 1.62. The number of aromatic nitrogens is 3. The fraction of sp³-hybridized carbons (Fsp3) is 0.286. The van der Waals surface area contributed by atoms with E-state index in [1.165, 1.54) is 4.68 Å². The second-order valence-electron chi connectivity index (χ2n) is 6.77. The lowest BCUT2D eigenvalue weighted by Crippen LogP contribution is -2.34. The highest BCUT2D eigenvalue weighted by Gasteiger charge is 2.25. The van der Waals surface area contributed by atoms with Crippen LogP contribution in [-0.2, 0) is 18.3 Å². The van der Waals surface area contributed by atoms with Gasteiger partial charge in [-0.2, -0.15) is 5.10 Å². The fourth-order valence-electron chi connectivity index (χ4n) is 3.68. The third-order valence-corrected chi connectivity index (χ3v) is 5.06. The van der Waals surface area contributed by atoms with Crippen molar-refractivity contribution in [2.75, 3.05) is 6.54 Å². The lowest BCUT2D eigenvalue weighted by Gasteiger charge is -2.19. The Morgan fingerprint density at radius 1 is 1.21 bits per heavy atom. The van der Waals surface area contributed by atoms with E-state index in [0.717, 1.165) is 22.0 Å². The Balaban J connectivity index is 1.75. The molecule has 0 fully saturated rings. The molecule has 0 aliphatic rings. The molecule has 4 rings (SSSR count). The van der Waals surface area contributed by atoms with Crippen molar-refractivity contribution < 1.29 is 9.21 Å². The summed E-state index contributed by atoms with van der Waals surface area (Å²) in [5, 5.41) is 8.82. The zero-order valence-corrected chi connectivity index (χ0v) is 15.9. The topological polar surface area (TPSA) is 82.1 Å². The van der Waals surface area contributed by atoms with E-state index in [1.807, 2.05) is 47.9 Å². The number of aryl methyl sites for hydroxylation is 1. The van der Waals surface area contributed by atoms with Gasteiger partial charge in [-0.05, 0) is 24.6 Å². The maximum absolute atomic E-state index is 13.0. The van der Waals surface area contributed by atoms with E-state index < -0.39 is 6.04 Å². The molecule has 144 valence electrons. The minimum absolute atomic E-state index is 0.115. The number of hydrogen-bond donors (Lipinski definition) is 1. The minimum Gasteiger partial charge on any atom is -0.469 e. The van der Waals surface area contributed by atoms with Crippen LogP contribution in [-0.4, -0.2) is 26.8 Å². The van der Waals surface area contributed by atoms with E-state index >= 15 is 0 Å². The van der Waals surface area contributed by atoms with Crippen molar-refractivity contribution in [1.82, 2.24) is 19.7 Å². The number of carbonyl (C=O) groups is 1. The maximum Gasteiger partial charge on any atom is 0.291 e. The van der Waals surface area contributed by atoms with Crippen molar-refractivity contribution in [1.29, 1.82) is 0 Å². The number of furan rings is 1. The Labute approximate surface area is 161 Å². The number of carbonyl (C=O) groups excluding carboxylic acids is 1. The lowest BCUT2D eigenvalue weighted by atomic mass is 10.2. The summed E-state index contributed by atoms with van der Waals surface area (Å²) >= 11 is 0. The smallest absolute Gasteiger partial charge is 0.291 e. The monoisotopic (exact) mass is 378 g/mol. The molecule has 0 saturated heterocycles. The molecule has 0 saturated carbocycles. The average molecular weight is 378 g/mol. The van der Waals surface area contributed by atoms with Crippen LogP contribution in [0, 0.1) is 0 Å². The zero-order chi connectivity index (χ0) is 19.7. The largest absolute Gasteiger partial charge is 0.469 e. The lowest BCUT2D eigenvalue weighted by molar-refractivity contribution is -0.124. The van der Waals surface area contributed by atoms with Crippen LogP contribution in [0.2, 0.25) is 0 Å². The van der Waals surface area contributed by atoms with Gasteiger partial charge in [-0.1, -0.05) is 25.1 Å². The van der Waals surface area contributed by atoms with Crippen molar-refractivity contribution in [2.45, 2.75) is 25.8 Å². The Morgan fingerprint density at radius 3 is 2.79 bits per heavy atom. The molecular weight excluding hydrogens is 356 g/mol. The van der Waals surface area contributed by atoms with Gasteiger partial charge in [0.1, 0.15) is 17.3 Å². The second-order valence-corrected chi connectivity index (χ2v) is 6.77. The molecule has 1 atom stereocenters. The van der Waals surface area contributed by atoms with Crippen LogP contribution in [0.5, 0.6) is 0 Å². The number of benzene rings is 1. The Kier molecular flexibility index (Phi) is 4.73. The predicted octanol–water partition coefficient (Wildman–Crippen LogP) is 2.79. The van der Waals surface area contributed by atoms with Gasteiger partial charge in [-0.25, -0.2) is 4.68 Å². The first-order chi connectivity index (χ1) is 13.6. The number of nitrogens with one attached hydrogen (secondary N) is 1. The highest BCUT2D eigenvalue weighted by Crippen LogP contribution is 2.30. The van der Waals surface area contributed by atoms with Gasteiger partial charge in [0, 0.05) is 30.8 Å². The van der Waals surface area contributed by atoms with Gasteiger partial charge in [0.25, 0.3) is 5.56 Å². The molecule has 1 amide bonds. The molecule has 1 N–H and O–H groups in total. The molecule has 0 bridgehead atoms. The number of para-hydroxylation sites is 1. The summed E-state index contributed by atoms with van der Waals surface area (Å²) in [5.41, 5.74) is 1.15. The first-order valence-electron chi connectivity index (χ1n) is 9.37. The van der Waals surface area contributed by atoms with E-state index in [1.54, 1.807) is 19.5 Å². The molecule has 3 aromatic heterocycles. The number of amides is 1. The van der Waals surface area contributed by atoms with Crippen LogP contribution in [0.3, 0.4) is 0 Å². The van der Waals surface area contributed by atoms with Crippen LogP contribution in [0.4, 0.5) is 0 Å². The molecule has 0 aliphatic carbocycles. The summed E-state index contributed by atoms with van der Waals surface area (Å²) in [6.07, 6.45) is 4.49. The van der Waals surface area contributed by atoms with Gasteiger partial charge >= 0.3 is 0 Å². The second kappa shape index (κ2) is 7.34. The Morgan fingerprint density at radius 2 is 2.04 bits per heavy atom. The van der Waals surface area contributed by atoms with E-state index in [4.69, 9.17) is 4.42 Å². The van der Waals surface area contributed by atoms with E-state index in [-0.39, 0.29) is 11.5 Å². The maximum atomic E-state index is 13.0. The molecule has 1 aromatic carbocycles. The summed E-state index contributed by atoms with van der Waals surface area (Å²) in [4.78, 5) is 25.9. The summed E-state index contributed by atoms with van der Waals surface area (Å²) < 4.78 is 8.47. The van der Waals surface area contributed by atoms with Crippen LogP contribution in [0.1, 0.15) is 25.1 Å². The van der Waals surface area contributed by atoms with Gasteiger partial charge in [-0.15, -0.1) is 0 Å². The molecule has 0 aliphatic heterocycles. The first kappa shape index (κ1) is 18.0. The van der Waals surface area contributed by atoms with E-state index in [2.05, 4.69) is 10.4 Å². The molecule has 0 spiro atoms. The molecule has 1 unspecified atom stereocenters. The van der Waals surface area contributed by atoms with Crippen LogP contribution in [0.15, 0.2) is 58.1 Å². The minimum atomic E-state index is -0.492. The van der Waals surface area contributed by atoms with Crippen molar-refractivity contribution in [3.8, 4) is 0 Å². The number of rotatable bonds is 6. The van der Waals surface area contributed by atoms with Crippen LogP contribution >= 0.6 is 0 Å². The number of hydrogen-bond acceptors (Lipinski definition) is 4. The standard InChI is InChI=1S/C21H22N4O3/c1-3-17(20(26)22-11-10-14-7-6-12-28-14)25-18-9-5-4-8-15(18)16-13-23-24(2)21(27)19(16)25/h4-9,12-13,17H,3,10-11H2,1-2H3,(H,22,26). The molecule has 0 radical (unpaired) electrons. The predicted molar refractivity (Wildman–Crippen MR) is 107 cm³/mol. The quantitative estimate of drug-likeness (QED) is 0.559. The van der Waals surface area contributed by atoms with Crippen LogP contribution < -0.4 is 10.9 Å².